The van der Waals surface area contributed by atoms with Crippen LogP contribution in [0.2, 0.25) is 0 Å². The van der Waals surface area contributed by atoms with Crippen LogP contribution in [0.5, 0.6) is 0 Å². The van der Waals surface area contributed by atoms with Crippen molar-refractivity contribution in [1.82, 2.24) is 4.31 Å². The van der Waals surface area contributed by atoms with Gasteiger partial charge in [0.15, 0.2) is 0 Å². The van der Waals surface area contributed by atoms with Gasteiger partial charge in [-0.15, -0.1) is 0 Å². The number of nitrogens with zero attached hydrogens (tertiary/aromatic N) is 1. The molecule has 2 aromatic rings. The molecule has 0 aliphatic carbocycles. The van der Waals surface area contributed by atoms with E-state index in [9.17, 15) is 13.2 Å². The lowest BCUT2D eigenvalue weighted by Gasteiger charge is -2.19. The molecule has 2 aromatic carbocycles. The summed E-state index contributed by atoms with van der Waals surface area (Å²) in [5.41, 5.74) is 1.90. The van der Waals surface area contributed by atoms with Crippen molar-refractivity contribution in [2.45, 2.75) is 18.2 Å². The van der Waals surface area contributed by atoms with Crippen LogP contribution in [0.4, 0.5) is 0 Å². The van der Waals surface area contributed by atoms with Crippen molar-refractivity contribution in [3.05, 3.63) is 54.6 Å². The average molecular weight is 333 g/mol. The van der Waals surface area contributed by atoms with Crippen LogP contribution in [0.25, 0.3) is 11.1 Å². The second-order valence-electron chi connectivity index (χ2n) is 5.12. The molecule has 0 saturated carbocycles. The Kier molecular flexibility index (Phi) is 5.52. The molecule has 0 aliphatic rings. The molecule has 0 amide bonds. The number of rotatable bonds is 7. The molecule has 0 atom stereocenters. The van der Waals surface area contributed by atoms with Gasteiger partial charge in [0.1, 0.15) is 6.54 Å². The molecule has 0 radical (unpaired) electrons. The fourth-order valence-electron chi connectivity index (χ4n) is 2.28. The Morgan fingerprint density at radius 2 is 1.57 bits per heavy atom. The summed E-state index contributed by atoms with van der Waals surface area (Å²) in [7, 11) is -3.80. The van der Waals surface area contributed by atoms with Crippen LogP contribution >= 0.6 is 0 Å². The second-order valence-corrected chi connectivity index (χ2v) is 7.06. The molecule has 0 aromatic heterocycles. The largest absolute Gasteiger partial charge is 0.480 e. The van der Waals surface area contributed by atoms with Crippen LogP contribution in [-0.4, -0.2) is 36.9 Å². The summed E-state index contributed by atoms with van der Waals surface area (Å²) in [6.45, 7) is 1.45. The van der Waals surface area contributed by atoms with E-state index in [1.54, 1.807) is 12.1 Å². The Morgan fingerprint density at radius 1 is 1.00 bits per heavy atom. The van der Waals surface area contributed by atoms with E-state index in [1.165, 1.54) is 12.1 Å². The maximum Gasteiger partial charge on any atom is 0.318 e. The third-order valence-electron chi connectivity index (χ3n) is 3.38. The Hall–Kier alpha value is -2.18. The third-order valence-corrected chi connectivity index (χ3v) is 5.24. The van der Waals surface area contributed by atoms with Gasteiger partial charge >= 0.3 is 5.97 Å². The summed E-state index contributed by atoms with van der Waals surface area (Å²) in [4.78, 5) is 11.0. The number of carboxylic acid groups (broad SMARTS) is 1. The van der Waals surface area contributed by atoms with E-state index in [0.29, 0.717) is 6.42 Å². The van der Waals surface area contributed by atoms with Gasteiger partial charge in [0.2, 0.25) is 10.0 Å². The first-order valence-electron chi connectivity index (χ1n) is 7.32. The highest BCUT2D eigenvalue weighted by Gasteiger charge is 2.25. The first kappa shape index (κ1) is 17.2. The molecule has 1 N–H and O–H groups in total. The number of hydrogen-bond acceptors (Lipinski definition) is 3. The molecule has 0 saturated heterocycles. The van der Waals surface area contributed by atoms with E-state index < -0.39 is 22.5 Å². The molecular weight excluding hydrogens is 314 g/mol. The molecule has 0 aliphatic heterocycles. The van der Waals surface area contributed by atoms with E-state index >= 15 is 0 Å². The topological polar surface area (TPSA) is 74.7 Å². The van der Waals surface area contributed by atoms with E-state index in [2.05, 4.69) is 0 Å². The summed E-state index contributed by atoms with van der Waals surface area (Å²) < 4.78 is 26.1. The van der Waals surface area contributed by atoms with Gasteiger partial charge in [-0.2, -0.15) is 4.31 Å². The molecule has 0 bridgehead atoms. The van der Waals surface area contributed by atoms with Crippen molar-refractivity contribution in [1.29, 1.82) is 0 Å². The molecular formula is C17H19NO4S. The third kappa shape index (κ3) is 4.18. The zero-order valence-corrected chi connectivity index (χ0v) is 13.7. The number of benzene rings is 2. The summed E-state index contributed by atoms with van der Waals surface area (Å²) in [6.07, 6.45) is 0.550. The monoisotopic (exact) mass is 333 g/mol. The zero-order chi connectivity index (χ0) is 16.9. The van der Waals surface area contributed by atoms with E-state index in [0.717, 1.165) is 15.4 Å². The first-order valence-corrected chi connectivity index (χ1v) is 8.76. The van der Waals surface area contributed by atoms with Gasteiger partial charge in [0.05, 0.1) is 4.90 Å². The van der Waals surface area contributed by atoms with Crippen molar-refractivity contribution in [2.75, 3.05) is 13.1 Å². The smallest absolute Gasteiger partial charge is 0.318 e. The highest BCUT2D eigenvalue weighted by Crippen LogP contribution is 2.22. The van der Waals surface area contributed by atoms with Gasteiger partial charge in [0.25, 0.3) is 0 Å². The van der Waals surface area contributed by atoms with E-state index in [1.807, 2.05) is 37.3 Å². The van der Waals surface area contributed by atoms with E-state index in [-0.39, 0.29) is 11.4 Å². The molecule has 2 rings (SSSR count). The van der Waals surface area contributed by atoms with Gasteiger partial charge in [-0.1, -0.05) is 49.4 Å². The maximum absolute atomic E-state index is 12.6. The van der Waals surface area contributed by atoms with Crippen LogP contribution < -0.4 is 0 Å². The van der Waals surface area contributed by atoms with Crippen molar-refractivity contribution in [2.24, 2.45) is 0 Å². The molecule has 0 unspecified atom stereocenters. The lowest BCUT2D eigenvalue weighted by Crippen LogP contribution is -2.36. The minimum absolute atomic E-state index is 0.104. The first-order chi connectivity index (χ1) is 10.9. The Morgan fingerprint density at radius 3 is 2.09 bits per heavy atom. The average Bonchev–Trinajstić information content (AvgIpc) is 2.55. The fourth-order valence-corrected chi connectivity index (χ4v) is 3.77. The summed E-state index contributed by atoms with van der Waals surface area (Å²) in [5.74, 6) is -1.16. The van der Waals surface area contributed by atoms with Gasteiger partial charge in [0, 0.05) is 6.54 Å². The number of aliphatic carboxylic acids is 1. The van der Waals surface area contributed by atoms with Crippen molar-refractivity contribution >= 4 is 16.0 Å². The van der Waals surface area contributed by atoms with Crippen molar-refractivity contribution in [3.8, 4) is 11.1 Å². The molecule has 23 heavy (non-hydrogen) atoms. The lowest BCUT2D eigenvalue weighted by molar-refractivity contribution is -0.137. The van der Waals surface area contributed by atoms with Crippen LogP contribution in [0.3, 0.4) is 0 Å². The minimum Gasteiger partial charge on any atom is -0.480 e. The quantitative estimate of drug-likeness (QED) is 0.845. The van der Waals surface area contributed by atoms with E-state index in [4.69, 9.17) is 5.11 Å². The Bertz CT molecular complexity index is 755. The van der Waals surface area contributed by atoms with Crippen LogP contribution in [-0.2, 0) is 14.8 Å². The van der Waals surface area contributed by atoms with Gasteiger partial charge in [-0.25, -0.2) is 8.42 Å². The number of carboxylic acids is 1. The zero-order valence-electron chi connectivity index (χ0n) is 12.8. The summed E-state index contributed by atoms with van der Waals surface area (Å²) >= 11 is 0. The van der Waals surface area contributed by atoms with Gasteiger partial charge in [-0.3, -0.25) is 4.79 Å². The van der Waals surface area contributed by atoms with Crippen molar-refractivity contribution in [3.63, 3.8) is 0 Å². The SMILES string of the molecule is CCCN(CC(=O)O)S(=O)(=O)c1ccc(-c2ccccc2)cc1. The molecule has 0 spiro atoms. The predicted octanol–water partition coefficient (Wildman–Crippen LogP) is 2.84. The molecule has 0 fully saturated rings. The summed E-state index contributed by atoms with van der Waals surface area (Å²) in [6, 6.07) is 16.1. The molecule has 0 heterocycles. The number of hydrogen-bond donors (Lipinski definition) is 1. The fraction of sp³-hybridized carbons (Fsp3) is 0.235. The van der Waals surface area contributed by atoms with Crippen LogP contribution in [0.15, 0.2) is 59.5 Å². The summed E-state index contributed by atoms with van der Waals surface area (Å²) in [5, 5.41) is 8.91. The van der Waals surface area contributed by atoms with Gasteiger partial charge < -0.3 is 5.11 Å². The molecule has 6 heteroatoms. The molecule has 122 valence electrons. The molecule has 5 nitrogen and oxygen atoms in total. The van der Waals surface area contributed by atoms with Gasteiger partial charge in [-0.05, 0) is 29.7 Å². The van der Waals surface area contributed by atoms with Crippen molar-refractivity contribution < 1.29 is 18.3 Å². The van der Waals surface area contributed by atoms with Crippen LogP contribution in [0.1, 0.15) is 13.3 Å². The highest BCUT2D eigenvalue weighted by molar-refractivity contribution is 7.89. The predicted molar refractivity (Wildman–Crippen MR) is 88.6 cm³/mol. The second kappa shape index (κ2) is 7.39. The normalized spacial score (nSPS) is 11.6. The Labute approximate surface area is 136 Å². The standard InChI is InChI=1S/C17H19NO4S/c1-2-12-18(13-17(19)20)23(21,22)16-10-8-15(9-11-16)14-6-4-3-5-7-14/h3-11H,2,12-13H2,1H3,(H,19,20). The Balaban J connectivity index is 2.31. The highest BCUT2D eigenvalue weighted by atomic mass is 32.2. The number of sulfonamides is 1. The maximum atomic E-state index is 12.6. The minimum atomic E-state index is -3.80. The lowest BCUT2D eigenvalue weighted by atomic mass is 10.1. The van der Waals surface area contributed by atoms with Crippen LogP contribution in [0, 0.1) is 0 Å². The number of carbonyl (C=O) groups is 1.